The summed E-state index contributed by atoms with van der Waals surface area (Å²) in [5.41, 5.74) is 0.881. The highest BCUT2D eigenvalue weighted by atomic mass is 16.2. The van der Waals surface area contributed by atoms with Crippen LogP contribution in [0, 0.1) is 11.8 Å². The van der Waals surface area contributed by atoms with Crippen LogP contribution in [0.25, 0.3) is 11.0 Å². The summed E-state index contributed by atoms with van der Waals surface area (Å²) >= 11 is 0. The Bertz CT molecular complexity index is 758. The molecule has 3 heterocycles. The van der Waals surface area contributed by atoms with Gasteiger partial charge in [0, 0.05) is 38.4 Å². The van der Waals surface area contributed by atoms with Crippen molar-refractivity contribution in [2.45, 2.75) is 38.8 Å². The Hall–Kier alpha value is -2.31. The number of carbonyl (C=O) groups is 1. The van der Waals surface area contributed by atoms with E-state index in [1.807, 2.05) is 31.0 Å². The van der Waals surface area contributed by atoms with Crippen molar-refractivity contribution < 1.29 is 4.79 Å². The van der Waals surface area contributed by atoms with Crippen LogP contribution in [0.4, 0.5) is 10.6 Å². The average Bonchev–Trinajstić information content (AvgIpc) is 3.26. The number of anilines is 1. The number of hydrogen-bond acceptors (Lipinski definition) is 4. The Morgan fingerprint density at radius 1 is 1.32 bits per heavy atom. The van der Waals surface area contributed by atoms with E-state index in [9.17, 15) is 4.79 Å². The van der Waals surface area contributed by atoms with Crippen LogP contribution < -0.4 is 10.2 Å². The van der Waals surface area contributed by atoms with E-state index < -0.39 is 0 Å². The summed E-state index contributed by atoms with van der Waals surface area (Å²) in [5.74, 6) is 2.17. The molecule has 0 radical (unpaired) electrons. The van der Waals surface area contributed by atoms with E-state index >= 15 is 0 Å². The molecule has 2 amide bonds. The first kappa shape index (κ1) is 16.2. The molecule has 0 spiro atoms. The SMILES string of the molecule is CC(C)NC(=O)N1C[C@H]2C[C@@H](N(C)c3ncnc4[nH]ccc34)C[C@H]2C1. The number of H-pyrrole nitrogens is 1. The van der Waals surface area contributed by atoms with Crippen LogP contribution in [0.15, 0.2) is 18.6 Å². The maximum Gasteiger partial charge on any atom is 0.317 e. The zero-order valence-electron chi connectivity index (χ0n) is 15.1. The van der Waals surface area contributed by atoms with Gasteiger partial charge in [-0.05, 0) is 44.6 Å². The molecular weight excluding hydrogens is 316 g/mol. The maximum atomic E-state index is 12.2. The summed E-state index contributed by atoms with van der Waals surface area (Å²) in [7, 11) is 2.13. The summed E-state index contributed by atoms with van der Waals surface area (Å²) < 4.78 is 0. The number of urea groups is 1. The lowest BCUT2D eigenvalue weighted by Crippen LogP contribution is -2.42. The van der Waals surface area contributed by atoms with Crippen molar-refractivity contribution in [3.63, 3.8) is 0 Å². The summed E-state index contributed by atoms with van der Waals surface area (Å²) in [6.07, 6.45) is 5.76. The number of nitrogens with zero attached hydrogens (tertiary/aromatic N) is 4. The normalized spacial score (nSPS) is 25.6. The molecule has 1 saturated carbocycles. The lowest BCUT2D eigenvalue weighted by atomic mass is 10.0. The molecule has 1 aliphatic heterocycles. The predicted octanol–water partition coefficient (Wildman–Crippen LogP) is 2.22. The van der Waals surface area contributed by atoms with Crippen molar-refractivity contribution in [2.75, 3.05) is 25.0 Å². The fourth-order valence-corrected chi connectivity index (χ4v) is 4.40. The van der Waals surface area contributed by atoms with Crippen molar-refractivity contribution in [1.82, 2.24) is 25.2 Å². The number of amides is 2. The number of aromatic amines is 1. The highest BCUT2D eigenvalue weighted by molar-refractivity contribution is 5.87. The van der Waals surface area contributed by atoms with Crippen LogP contribution in [-0.4, -0.2) is 58.1 Å². The van der Waals surface area contributed by atoms with Gasteiger partial charge < -0.3 is 20.1 Å². The summed E-state index contributed by atoms with van der Waals surface area (Å²) in [4.78, 5) is 28.5. The van der Waals surface area contributed by atoms with Crippen LogP contribution in [0.5, 0.6) is 0 Å². The molecule has 2 fully saturated rings. The van der Waals surface area contributed by atoms with Crippen LogP contribution in [0.3, 0.4) is 0 Å². The van der Waals surface area contributed by atoms with E-state index in [-0.39, 0.29) is 12.1 Å². The van der Waals surface area contributed by atoms with E-state index in [0.717, 1.165) is 42.8 Å². The number of likely N-dealkylation sites (tertiary alicyclic amines) is 1. The van der Waals surface area contributed by atoms with Crippen LogP contribution >= 0.6 is 0 Å². The third-order valence-corrected chi connectivity index (χ3v) is 5.64. The topological polar surface area (TPSA) is 77.2 Å². The van der Waals surface area contributed by atoms with Crippen molar-refractivity contribution in [1.29, 1.82) is 0 Å². The van der Waals surface area contributed by atoms with Gasteiger partial charge in [0.25, 0.3) is 0 Å². The first-order chi connectivity index (χ1) is 12.0. The minimum Gasteiger partial charge on any atom is -0.356 e. The minimum absolute atomic E-state index is 0.0825. The van der Waals surface area contributed by atoms with E-state index in [1.165, 1.54) is 0 Å². The van der Waals surface area contributed by atoms with Gasteiger partial charge in [0.15, 0.2) is 0 Å². The molecule has 25 heavy (non-hydrogen) atoms. The monoisotopic (exact) mass is 342 g/mol. The second-order valence-electron chi connectivity index (χ2n) is 7.70. The lowest BCUT2D eigenvalue weighted by molar-refractivity contribution is 0.202. The molecule has 0 bridgehead atoms. The Labute approximate surface area is 147 Å². The second-order valence-corrected chi connectivity index (χ2v) is 7.70. The first-order valence-electron chi connectivity index (χ1n) is 9.09. The van der Waals surface area contributed by atoms with Crippen molar-refractivity contribution in [2.24, 2.45) is 11.8 Å². The molecule has 2 aromatic heterocycles. The van der Waals surface area contributed by atoms with Gasteiger partial charge in [0.1, 0.15) is 17.8 Å². The largest absolute Gasteiger partial charge is 0.356 e. The fourth-order valence-electron chi connectivity index (χ4n) is 4.40. The molecule has 4 rings (SSSR count). The molecule has 134 valence electrons. The average molecular weight is 342 g/mol. The molecule has 3 atom stereocenters. The molecule has 1 aliphatic carbocycles. The molecule has 0 unspecified atom stereocenters. The minimum atomic E-state index is 0.0825. The van der Waals surface area contributed by atoms with Gasteiger partial charge in [-0.3, -0.25) is 0 Å². The second kappa shape index (κ2) is 6.20. The number of aromatic nitrogens is 3. The molecule has 7 nitrogen and oxygen atoms in total. The molecule has 7 heteroatoms. The standard InChI is InChI=1S/C18H26N6O/c1-11(2)22-18(25)24-8-12-6-14(7-13(12)9-24)23(3)17-15-4-5-19-16(15)20-10-21-17/h4-5,10-14H,6-9H2,1-3H3,(H,22,25)(H,19,20,21)/t12-,13+,14-. The third kappa shape index (κ3) is 2.92. The number of rotatable bonds is 3. The van der Waals surface area contributed by atoms with Crippen molar-refractivity contribution >= 4 is 22.9 Å². The molecule has 1 saturated heterocycles. The summed E-state index contributed by atoms with van der Waals surface area (Å²) in [6.45, 7) is 5.75. The van der Waals surface area contributed by atoms with Crippen molar-refractivity contribution in [3.8, 4) is 0 Å². The highest BCUT2D eigenvalue weighted by Crippen LogP contribution is 2.41. The van der Waals surface area contributed by atoms with Gasteiger partial charge in [-0.25, -0.2) is 14.8 Å². The quantitative estimate of drug-likeness (QED) is 0.897. The van der Waals surface area contributed by atoms with Crippen molar-refractivity contribution in [3.05, 3.63) is 18.6 Å². The first-order valence-corrected chi connectivity index (χ1v) is 9.09. The number of carbonyl (C=O) groups excluding carboxylic acids is 1. The van der Waals surface area contributed by atoms with Gasteiger partial charge in [-0.15, -0.1) is 0 Å². The molecule has 2 N–H and O–H groups in total. The molecule has 0 aromatic carbocycles. The Morgan fingerprint density at radius 3 is 2.72 bits per heavy atom. The summed E-state index contributed by atoms with van der Waals surface area (Å²) in [5, 5.41) is 4.08. The lowest BCUT2D eigenvalue weighted by Gasteiger charge is -2.28. The third-order valence-electron chi connectivity index (χ3n) is 5.64. The number of fused-ring (bicyclic) bond motifs is 2. The molecule has 2 aliphatic rings. The Morgan fingerprint density at radius 2 is 2.04 bits per heavy atom. The van der Waals surface area contributed by atoms with Gasteiger partial charge in [0.2, 0.25) is 0 Å². The van der Waals surface area contributed by atoms with Gasteiger partial charge in [-0.1, -0.05) is 0 Å². The Kier molecular flexibility index (Phi) is 4.01. The highest BCUT2D eigenvalue weighted by Gasteiger charge is 2.43. The zero-order chi connectivity index (χ0) is 17.6. The summed E-state index contributed by atoms with van der Waals surface area (Å²) in [6, 6.07) is 2.78. The van der Waals surface area contributed by atoms with Gasteiger partial charge in [0.05, 0.1) is 5.39 Å². The van der Waals surface area contributed by atoms with Gasteiger partial charge >= 0.3 is 6.03 Å². The zero-order valence-corrected chi connectivity index (χ0v) is 15.1. The fraction of sp³-hybridized carbons (Fsp3) is 0.611. The maximum absolute atomic E-state index is 12.2. The van der Waals surface area contributed by atoms with E-state index in [2.05, 4.69) is 32.2 Å². The number of hydrogen-bond donors (Lipinski definition) is 2. The predicted molar refractivity (Wildman–Crippen MR) is 97.5 cm³/mol. The van der Waals surface area contributed by atoms with Crippen LogP contribution in [0.1, 0.15) is 26.7 Å². The van der Waals surface area contributed by atoms with Gasteiger partial charge in [-0.2, -0.15) is 0 Å². The molecule has 2 aromatic rings. The van der Waals surface area contributed by atoms with E-state index in [0.29, 0.717) is 17.9 Å². The van der Waals surface area contributed by atoms with Crippen LogP contribution in [0.2, 0.25) is 0 Å². The number of nitrogens with one attached hydrogen (secondary N) is 2. The van der Waals surface area contributed by atoms with E-state index in [1.54, 1.807) is 6.33 Å². The van der Waals surface area contributed by atoms with E-state index in [4.69, 9.17) is 0 Å². The smallest absolute Gasteiger partial charge is 0.317 e. The Balaban J connectivity index is 1.43. The molecular formula is C18H26N6O. The van der Waals surface area contributed by atoms with Crippen LogP contribution in [-0.2, 0) is 0 Å².